The Morgan fingerprint density at radius 1 is 1.44 bits per heavy atom. The summed E-state index contributed by atoms with van der Waals surface area (Å²) in [7, 11) is 0. The van der Waals surface area contributed by atoms with Crippen molar-refractivity contribution in [2.75, 3.05) is 17.2 Å². The quantitative estimate of drug-likeness (QED) is 0.816. The van der Waals surface area contributed by atoms with Crippen molar-refractivity contribution in [3.8, 4) is 0 Å². The molecule has 0 aliphatic carbocycles. The van der Waals surface area contributed by atoms with E-state index in [1.165, 1.54) is 0 Å². The van der Waals surface area contributed by atoms with Gasteiger partial charge in [0.05, 0.1) is 12.1 Å². The highest BCUT2D eigenvalue weighted by atomic mass is 79.9. The largest absolute Gasteiger partial charge is 0.436 e. The van der Waals surface area contributed by atoms with E-state index in [1.807, 2.05) is 0 Å². The lowest BCUT2D eigenvalue weighted by Crippen LogP contribution is -2.59. The second kappa shape index (κ2) is 4.23. The lowest BCUT2D eigenvalue weighted by molar-refractivity contribution is -0.142. The third-order valence-electron chi connectivity index (χ3n) is 2.83. The fourth-order valence-electron chi connectivity index (χ4n) is 1.68. The number of aromatic nitrogens is 2. The van der Waals surface area contributed by atoms with Crippen LogP contribution in [0.25, 0.3) is 0 Å². The van der Waals surface area contributed by atoms with E-state index in [4.69, 9.17) is 5.73 Å². The smallest absolute Gasteiger partial charge is 0.389 e. The third kappa shape index (κ3) is 2.12. The maximum absolute atomic E-state index is 12.6. The monoisotopic (exact) mass is 326 g/mol. The van der Waals surface area contributed by atoms with Crippen LogP contribution in [0.4, 0.5) is 24.8 Å². The minimum atomic E-state index is -4.61. The van der Waals surface area contributed by atoms with Crippen LogP contribution in [0.5, 0.6) is 0 Å². The molecule has 1 aliphatic heterocycles. The first-order chi connectivity index (χ1) is 8.21. The van der Waals surface area contributed by atoms with Crippen molar-refractivity contribution in [2.45, 2.75) is 25.2 Å². The first kappa shape index (κ1) is 13.3. The van der Waals surface area contributed by atoms with Gasteiger partial charge in [-0.05, 0) is 22.9 Å². The molecule has 1 aromatic rings. The fraction of sp³-hybridized carbons (Fsp3) is 0.556. The normalized spacial score (nSPS) is 24.0. The number of hydrogen-bond acceptors (Lipinski definition) is 5. The molecule has 1 aliphatic rings. The zero-order chi connectivity index (χ0) is 13.7. The van der Waals surface area contributed by atoms with Crippen molar-refractivity contribution in [3.05, 3.63) is 10.3 Å². The summed E-state index contributed by atoms with van der Waals surface area (Å²) >= 11 is 2.74. The number of alkyl halides is 3. The highest BCUT2D eigenvalue weighted by molar-refractivity contribution is 9.10. The van der Waals surface area contributed by atoms with Crippen LogP contribution in [0.1, 0.15) is 12.6 Å². The second-order valence-corrected chi connectivity index (χ2v) is 4.78. The zero-order valence-corrected chi connectivity index (χ0v) is 10.8. The predicted octanol–water partition coefficient (Wildman–Crippen LogP) is 1.41. The summed E-state index contributed by atoms with van der Waals surface area (Å²) in [6.07, 6.45) is -5.15. The summed E-state index contributed by atoms with van der Waals surface area (Å²) in [5, 5.41) is 9.37. The molecule has 1 fully saturated rings. The Morgan fingerprint density at radius 3 is 2.50 bits per heavy atom. The number of halogens is 4. The lowest BCUT2D eigenvalue weighted by atomic mass is 10.0. The predicted molar refractivity (Wildman–Crippen MR) is 62.0 cm³/mol. The van der Waals surface area contributed by atoms with Crippen molar-refractivity contribution >= 4 is 27.6 Å². The van der Waals surface area contributed by atoms with E-state index in [2.05, 4.69) is 25.9 Å². The standard InChI is InChI=1S/C9H10BrF3N4O/c1-3-4(18)2-17(3)8-7(14)15-5(6(10)16-8)9(11,12)13/h3-4,18H,2H2,1H3,(H2,14,15)/t3-,4+/m0/s1. The van der Waals surface area contributed by atoms with Gasteiger partial charge in [0.25, 0.3) is 0 Å². The van der Waals surface area contributed by atoms with Crippen LogP contribution < -0.4 is 10.6 Å². The molecule has 2 rings (SSSR count). The molecular weight excluding hydrogens is 317 g/mol. The summed E-state index contributed by atoms with van der Waals surface area (Å²) in [6, 6.07) is -0.245. The van der Waals surface area contributed by atoms with Gasteiger partial charge in [-0.1, -0.05) is 0 Å². The average Bonchev–Trinajstić information content (AvgIpc) is 2.27. The number of nitrogens with zero attached hydrogens (tertiary/aromatic N) is 3. The first-order valence-corrected chi connectivity index (χ1v) is 5.86. The third-order valence-corrected chi connectivity index (χ3v) is 3.39. The molecule has 0 bridgehead atoms. The van der Waals surface area contributed by atoms with Crippen molar-refractivity contribution in [2.24, 2.45) is 0 Å². The number of β-amino-alcohol motifs (C(OH)–C–C–N with tert-alkyl or cyclic N) is 1. The molecule has 0 unspecified atom stereocenters. The van der Waals surface area contributed by atoms with Gasteiger partial charge in [0.1, 0.15) is 4.60 Å². The Hall–Kier alpha value is -1.09. The Labute approximate surface area is 109 Å². The molecule has 2 heterocycles. The first-order valence-electron chi connectivity index (χ1n) is 5.06. The summed E-state index contributed by atoms with van der Waals surface area (Å²) < 4.78 is 37.3. The van der Waals surface area contributed by atoms with Crippen molar-refractivity contribution < 1.29 is 18.3 Å². The molecule has 100 valence electrons. The van der Waals surface area contributed by atoms with Crippen LogP contribution in [0.3, 0.4) is 0 Å². The molecule has 18 heavy (non-hydrogen) atoms. The van der Waals surface area contributed by atoms with E-state index < -0.39 is 22.6 Å². The van der Waals surface area contributed by atoms with E-state index in [-0.39, 0.29) is 24.2 Å². The van der Waals surface area contributed by atoms with Gasteiger partial charge in [-0.25, -0.2) is 9.97 Å². The van der Waals surface area contributed by atoms with Crippen LogP contribution in [-0.4, -0.2) is 33.8 Å². The second-order valence-electron chi connectivity index (χ2n) is 4.03. The van der Waals surface area contributed by atoms with Crippen molar-refractivity contribution in [1.29, 1.82) is 0 Å². The molecule has 1 saturated heterocycles. The number of aliphatic hydroxyl groups is 1. The maximum Gasteiger partial charge on any atom is 0.436 e. The molecule has 5 nitrogen and oxygen atoms in total. The molecule has 3 N–H and O–H groups in total. The van der Waals surface area contributed by atoms with Gasteiger partial charge in [0.15, 0.2) is 17.3 Å². The van der Waals surface area contributed by atoms with E-state index in [0.717, 1.165) is 0 Å². The number of rotatable bonds is 1. The molecule has 0 spiro atoms. The van der Waals surface area contributed by atoms with E-state index in [0.29, 0.717) is 0 Å². The Morgan fingerprint density at radius 2 is 2.06 bits per heavy atom. The molecule has 0 radical (unpaired) electrons. The molecule has 1 aromatic heterocycles. The average molecular weight is 327 g/mol. The SMILES string of the molecule is C[C@H]1[C@H](O)CN1c1nc(Br)c(C(F)(F)F)nc1N. The molecule has 0 amide bonds. The summed E-state index contributed by atoms with van der Waals surface area (Å²) in [5.74, 6) is -0.156. The zero-order valence-electron chi connectivity index (χ0n) is 9.24. The summed E-state index contributed by atoms with van der Waals surface area (Å²) in [4.78, 5) is 8.69. The molecule has 2 atom stereocenters. The summed E-state index contributed by atoms with van der Waals surface area (Å²) in [6.45, 7) is 2.00. The van der Waals surface area contributed by atoms with Gasteiger partial charge in [-0.3, -0.25) is 0 Å². The highest BCUT2D eigenvalue weighted by Crippen LogP contribution is 2.37. The maximum atomic E-state index is 12.6. The Bertz CT molecular complexity index is 482. The van der Waals surface area contributed by atoms with Gasteiger partial charge in [-0.2, -0.15) is 13.2 Å². The minimum Gasteiger partial charge on any atom is -0.389 e. The van der Waals surface area contributed by atoms with E-state index in [1.54, 1.807) is 11.8 Å². The van der Waals surface area contributed by atoms with Crippen LogP contribution in [-0.2, 0) is 6.18 Å². The fourth-order valence-corrected chi connectivity index (χ4v) is 2.16. The number of aliphatic hydroxyl groups excluding tert-OH is 1. The number of nitrogens with two attached hydrogens (primary N) is 1. The van der Waals surface area contributed by atoms with Gasteiger partial charge in [0, 0.05) is 6.54 Å². The minimum absolute atomic E-state index is 0.146. The van der Waals surface area contributed by atoms with Gasteiger partial charge >= 0.3 is 6.18 Å². The molecule has 9 heteroatoms. The number of anilines is 2. The van der Waals surface area contributed by atoms with Gasteiger partial charge in [0.2, 0.25) is 0 Å². The number of nitrogen functional groups attached to an aromatic ring is 1. The van der Waals surface area contributed by atoms with Gasteiger partial charge in [-0.15, -0.1) is 0 Å². The van der Waals surface area contributed by atoms with Crippen LogP contribution >= 0.6 is 15.9 Å². The van der Waals surface area contributed by atoms with E-state index in [9.17, 15) is 18.3 Å². The van der Waals surface area contributed by atoms with Crippen molar-refractivity contribution in [1.82, 2.24) is 9.97 Å². The van der Waals surface area contributed by atoms with Gasteiger partial charge < -0.3 is 15.7 Å². The topological polar surface area (TPSA) is 75.3 Å². The Balaban J connectivity index is 2.38. The van der Waals surface area contributed by atoms with E-state index >= 15 is 0 Å². The van der Waals surface area contributed by atoms with Crippen LogP contribution in [0.15, 0.2) is 4.60 Å². The van der Waals surface area contributed by atoms with Crippen LogP contribution in [0.2, 0.25) is 0 Å². The molecule has 0 saturated carbocycles. The summed E-state index contributed by atoms with van der Waals surface area (Å²) in [5.41, 5.74) is 4.33. The molecular formula is C9H10BrF3N4O. The number of hydrogen-bond donors (Lipinski definition) is 2. The lowest BCUT2D eigenvalue weighted by Gasteiger charge is -2.44. The Kier molecular flexibility index (Phi) is 3.14. The molecule has 0 aromatic carbocycles. The highest BCUT2D eigenvalue weighted by Gasteiger charge is 2.40. The van der Waals surface area contributed by atoms with Crippen LogP contribution in [0, 0.1) is 0 Å². The van der Waals surface area contributed by atoms with Crippen molar-refractivity contribution in [3.63, 3.8) is 0 Å².